The minimum atomic E-state index is -0.794. The summed E-state index contributed by atoms with van der Waals surface area (Å²) in [5, 5.41) is 11.5. The van der Waals surface area contributed by atoms with Crippen LogP contribution in [0.15, 0.2) is 23.1 Å². The van der Waals surface area contributed by atoms with Crippen molar-refractivity contribution < 1.29 is 14.7 Å². The predicted octanol–water partition coefficient (Wildman–Crippen LogP) is 1.63. The average Bonchev–Trinajstić information content (AvgIpc) is 2.42. The fraction of sp³-hybridized carbons (Fsp3) is 0.533. The molecule has 0 saturated carbocycles. The third-order valence-electron chi connectivity index (χ3n) is 3.52. The number of aromatic amines is 1. The third-order valence-corrected chi connectivity index (χ3v) is 3.52. The largest absolute Gasteiger partial charge is 0.481 e. The number of aromatic nitrogens is 1. The summed E-state index contributed by atoms with van der Waals surface area (Å²) < 4.78 is 0. The fourth-order valence-corrected chi connectivity index (χ4v) is 2.14. The van der Waals surface area contributed by atoms with Gasteiger partial charge in [-0.05, 0) is 30.7 Å². The van der Waals surface area contributed by atoms with E-state index in [0.29, 0.717) is 24.4 Å². The van der Waals surface area contributed by atoms with Crippen molar-refractivity contribution >= 4 is 11.9 Å². The van der Waals surface area contributed by atoms with Crippen LogP contribution in [-0.4, -0.2) is 28.5 Å². The van der Waals surface area contributed by atoms with E-state index in [1.165, 1.54) is 18.3 Å². The van der Waals surface area contributed by atoms with E-state index < -0.39 is 5.97 Å². The van der Waals surface area contributed by atoms with Gasteiger partial charge in [-0.2, -0.15) is 0 Å². The molecule has 21 heavy (non-hydrogen) atoms. The zero-order valence-corrected chi connectivity index (χ0v) is 12.4. The van der Waals surface area contributed by atoms with Crippen LogP contribution in [-0.2, 0) is 4.79 Å². The molecule has 6 nitrogen and oxygen atoms in total. The second-order valence-electron chi connectivity index (χ2n) is 5.42. The molecule has 0 aliphatic carbocycles. The van der Waals surface area contributed by atoms with E-state index in [4.69, 9.17) is 5.11 Å². The van der Waals surface area contributed by atoms with Crippen LogP contribution in [0.4, 0.5) is 0 Å². The number of rotatable bonds is 8. The van der Waals surface area contributed by atoms with Crippen LogP contribution in [0.3, 0.4) is 0 Å². The number of hydrogen-bond donors (Lipinski definition) is 3. The first-order chi connectivity index (χ1) is 9.90. The number of carboxylic acid groups (broad SMARTS) is 1. The Morgan fingerprint density at radius 3 is 2.52 bits per heavy atom. The first-order valence-electron chi connectivity index (χ1n) is 7.09. The molecular weight excluding hydrogens is 272 g/mol. The maximum absolute atomic E-state index is 11.8. The summed E-state index contributed by atoms with van der Waals surface area (Å²) in [4.78, 5) is 35.8. The van der Waals surface area contributed by atoms with E-state index in [1.807, 2.05) is 0 Å². The maximum Gasteiger partial charge on any atom is 0.303 e. The Kier molecular flexibility index (Phi) is 6.65. The third kappa shape index (κ3) is 6.25. The second kappa shape index (κ2) is 8.24. The van der Waals surface area contributed by atoms with E-state index in [-0.39, 0.29) is 23.8 Å². The minimum Gasteiger partial charge on any atom is -0.481 e. The normalized spacial score (nSPS) is 12.1. The number of pyridine rings is 1. The molecule has 0 bridgehead atoms. The van der Waals surface area contributed by atoms with Crippen molar-refractivity contribution in [1.82, 2.24) is 10.3 Å². The van der Waals surface area contributed by atoms with Gasteiger partial charge < -0.3 is 15.4 Å². The monoisotopic (exact) mass is 294 g/mol. The number of H-pyrrole nitrogens is 1. The molecular formula is C15H22N2O4. The van der Waals surface area contributed by atoms with Gasteiger partial charge in [-0.1, -0.05) is 13.8 Å². The molecule has 0 fully saturated rings. The summed E-state index contributed by atoms with van der Waals surface area (Å²) in [7, 11) is 0. The minimum absolute atomic E-state index is 0.150. The van der Waals surface area contributed by atoms with E-state index in [9.17, 15) is 14.4 Å². The van der Waals surface area contributed by atoms with Crippen LogP contribution >= 0.6 is 0 Å². The number of hydrogen-bond acceptors (Lipinski definition) is 3. The second-order valence-corrected chi connectivity index (χ2v) is 5.42. The number of carbonyl (C=O) groups excluding carboxylic acids is 1. The van der Waals surface area contributed by atoms with Crippen LogP contribution in [0.1, 0.15) is 43.5 Å². The summed E-state index contributed by atoms with van der Waals surface area (Å²) in [5.41, 5.74) is 0.154. The van der Waals surface area contributed by atoms with Crippen molar-refractivity contribution in [1.29, 1.82) is 0 Å². The van der Waals surface area contributed by atoms with Gasteiger partial charge in [-0.25, -0.2) is 0 Å². The number of carbonyl (C=O) groups is 2. The van der Waals surface area contributed by atoms with Gasteiger partial charge in [-0.15, -0.1) is 0 Å². The standard InChI is InChI=1S/C15H22N2O4/c1-10(2)11(4-6-14(19)20)7-8-16-15(21)12-3-5-13(18)17-9-12/h3,5,9-11H,4,6-8H2,1-2H3,(H,16,21)(H,17,18)(H,19,20). The van der Waals surface area contributed by atoms with Crippen LogP contribution in [0, 0.1) is 11.8 Å². The molecule has 1 unspecified atom stereocenters. The lowest BCUT2D eigenvalue weighted by atomic mass is 9.88. The lowest BCUT2D eigenvalue weighted by Crippen LogP contribution is -2.27. The molecule has 0 radical (unpaired) electrons. The van der Waals surface area contributed by atoms with E-state index in [0.717, 1.165) is 6.42 Å². The molecule has 3 N–H and O–H groups in total. The predicted molar refractivity (Wildman–Crippen MR) is 79.2 cm³/mol. The van der Waals surface area contributed by atoms with Crippen LogP contribution in [0.25, 0.3) is 0 Å². The van der Waals surface area contributed by atoms with Gasteiger partial charge in [0.1, 0.15) is 0 Å². The number of nitrogens with one attached hydrogen (secondary N) is 2. The van der Waals surface area contributed by atoms with Crippen molar-refractivity contribution in [2.45, 2.75) is 33.1 Å². The lowest BCUT2D eigenvalue weighted by molar-refractivity contribution is -0.137. The molecule has 0 aromatic carbocycles. The van der Waals surface area contributed by atoms with Crippen LogP contribution < -0.4 is 10.9 Å². The van der Waals surface area contributed by atoms with Crippen LogP contribution in [0.2, 0.25) is 0 Å². The Balaban J connectivity index is 2.42. The molecule has 0 aliphatic heterocycles. The van der Waals surface area contributed by atoms with Crippen LogP contribution in [0.5, 0.6) is 0 Å². The van der Waals surface area contributed by atoms with Gasteiger partial charge >= 0.3 is 5.97 Å². The molecule has 6 heteroatoms. The molecule has 116 valence electrons. The zero-order chi connectivity index (χ0) is 15.8. The highest BCUT2D eigenvalue weighted by atomic mass is 16.4. The van der Waals surface area contributed by atoms with Crippen molar-refractivity contribution in [3.05, 3.63) is 34.2 Å². The summed E-state index contributed by atoms with van der Waals surface area (Å²) in [6.45, 7) is 4.59. The summed E-state index contributed by atoms with van der Waals surface area (Å²) in [6.07, 6.45) is 2.88. The zero-order valence-electron chi connectivity index (χ0n) is 12.4. The molecule has 0 spiro atoms. The van der Waals surface area contributed by atoms with Crippen molar-refractivity contribution in [3.8, 4) is 0 Å². The van der Waals surface area contributed by atoms with Gasteiger partial charge in [-0.3, -0.25) is 14.4 Å². The average molecular weight is 294 g/mol. The smallest absolute Gasteiger partial charge is 0.303 e. The van der Waals surface area contributed by atoms with Gasteiger partial charge in [0.15, 0.2) is 0 Å². The van der Waals surface area contributed by atoms with E-state index in [2.05, 4.69) is 24.1 Å². The first-order valence-corrected chi connectivity index (χ1v) is 7.09. The SMILES string of the molecule is CC(C)C(CCNC(=O)c1ccc(=O)[nH]c1)CCC(=O)O. The molecule has 1 aromatic heterocycles. The summed E-state index contributed by atoms with van der Waals surface area (Å²) >= 11 is 0. The molecule has 0 aliphatic rings. The number of amides is 1. The highest BCUT2D eigenvalue weighted by Crippen LogP contribution is 2.20. The maximum atomic E-state index is 11.8. The highest BCUT2D eigenvalue weighted by molar-refractivity contribution is 5.93. The van der Waals surface area contributed by atoms with Crippen molar-refractivity contribution in [2.24, 2.45) is 11.8 Å². The van der Waals surface area contributed by atoms with Crippen molar-refractivity contribution in [3.63, 3.8) is 0 Å². The Bertz CT molecular complexity index is 516. The molecule has 0 saturated heterocycles. The van der Waals surface area contributed by atoms with E-state index >= 15 is 0 Å². The summed E-state index contributed by atoms with van der Waals surface area (Å²) in [5.74, 6) is -0.406. The lowest BCUT2D eigenvalue weighted by Gasteiger charge is -2.20. The molecule has 1 amide bonds. The Hall–Kier alpha value is -2.11. The van der Waals surface area contributed by atoms with Crippen molar-refractivity contribution in [2.75, 3.05) is 6.54 Å². The Morgan fingerprint density at radius 2 is 2.00 bits per heavy atom. The fourth-order valence-electron chi connectivity index (χ4n) is 2.14. The molecule has 1 heterocycles. The summed E-state index contributed by atoms with van der Waals surface area (Å²) in [6, 6.07) is 2.78. The Morgan fingerprint density at radius 1 is 1.29 bits per heavy atom. The highest BCUT2D eigenvalue weighted by Gasteiger charge is 2.15. The number of aliphatic carboxylic acids is 1. The van der Waals surface area contributed by atoms with Gasteiger partial charge in [0.2, 0.25) is 5.56 Å². The van der Waals surface area contributed by atoms with Gasteiger partial charge in [0.25, 0.3) is 5.91 Å². The molecule has 1 atom stereocenters. The Labute approximate surface area is 123 Å². The first kappa shape index (κ1) is 16.9. The molecule has 1 rings (SSSR count). The van der Waals surface area contributed by atoms with E-state index in [1.54, 1.807) is 0 Å². The number of carboxylic acids is 1. The van der Waals surface area contributed by atoms with Gasteiger partial charge in [0.05, 0.1) is 5.56 Å². The molecule has 1 aromatic rings. The quantitative estimate of drug-likeness (QED) is 0.678. The topological polar surface area (TPSA) is 99.3 Å². The van der Waals surface area contributed by atoms with Gasteiger partial charge in [0, 0.05) is 25.2 Å².